The third-order valence-corrected chi connectivity index (χ3v) is 7.36. The van der Waals surface area contributed by atoms with Gasteiger partial charge in [-0.15, -0.1) is 0 Å². The summed E-state index contributed by atoms with van der Waals surface area (Å²) >= 11 is 0. The van der Waals surface area contributed by atoms with Crippen molar-refractivity contribution in [3.05, 3.63) is 24.3 Å². The summed E-state index contributed by atoms with van der Waals surface area (Å²) in [6, 6.07) is 6.20. The number of nitrogens with one attached hydrogen (secondary N) is 1. The van der Waals surface area contributed by atoms with Gasteiger partial charge in [-0.05, 0) is 43.0 Å². The Kier molecular flexibility index (Phi) is 7.26. The Morgan fingerprint density at radius 2 is 1.66 bits per heavy atom. The maximum Gasteiger partial charge on any atom is 0.243 e. The zero-order chi connectivity index (χ0) is 20.9. The predicted octanol–water partition coefficient (Wildman–Crippen LogP) is 1.68. The maximum absolute atomic E-state index is 12.7. The van der Waals surface area contributed by atoms with Crippen LogP contribution >= 0.6 is 0 Å². The molecule has 1 aromatic rings. The summed E-state index contributed by atoms with van der Waals surface area (Å²) in [7, 11) is -3.50. The first-order valence-corrected chi connectivity index (χ1v) is 11.6. The van der Waals surface area contributed by atoms with Crippen molar-refractivity contribution in [3.63, 3.8) is 0 Å². The molecule has 9 heteroatoms. The van der Waals surface area contributed by atoms with Crippen LogP contribution in [0.3, 0.4) is 0 Å². The fourth-order valence-electron chi connectivity index (χ4n) is 3.50. The molecule has 0 bridgehead atoms. The minimum Gasteiger partial charge on any atom is -0.378 e. The molecule has 2 saturated heterocycles. The highest BCUT2D eigenvalue weighted by atomic mass is 32.2. The van der Waals surface area contributed by atoms with Gasteiger partial charge in [-0.1, -0.05) is 6.92 Å². The van der Waals surface area contributed by atoms with Gasteiger partial charge in [0.25, 0.3) is 0 Å². The number of anilines is 1. The van der Waals surface area contributed by atoms with E-state index in [9.17, 15) is 18.0 Å². The van der Waals surface area contributed by atoms with Gasteiger partial charge in [0.05, 0.1) is 18.1 Å². The van der Waals surface area contributed by atoms with Gasteiger partial charge in [0.15, 0.2) is 0 Å². The SMILES string of the molecule is CC1CCN(S(=O)(=O)c2ccc(NC(=O)CCC(=O)N3CCOCC3)cc2)CC1. The summed E-state index contributed by atoms with van der Waals surface area (Å²) in [5, 5.41) is 2.72. The zero-order valence-electron chi connectivity index (χ0n) is 16.8. The molecule has 1 N–H and O–H groups in total. The van der Waals surface area contributed by atoms with E-state index in [0.29, 0.717) is 51.0 Å². The van der Waals surface area contributed by atoms with Crippen LogP contribution in [-0.4, -0.2) is 68.8 Å². The van der Waals surface area contributed by atoms with Crippen LogP contribution in [-0.2, 0) is 24.3 Å². The number of carbonyl (C=O) groups excluding carboxylic acids is 2. The van der Waals surface area contributed by atoms with Crippen molar-refractivity contribution in [2.24, 2.45) is 5.92 Å². The Bertz CT molecular complexity index is 811. The highest BCUT2D eigenvalue weighted by Crippen LogP contribution is 2.24. The molecule has 0 aliphatic carbocycles. The van der Waals surface area contributed by atoms with Gasteiger partial charge in [-0.2, -0.15) is 4.31 Å². The number of rotatable bonds is 6. The van der Waals surface area contributed by atoms with E-state index in [1.807, 2.05) is 0 Å². The number of morpholine rings is 1. The molecule has 2 aliphatic rings. The number of carbonyl (C=O) groups is 2. The van der Waals surface area contributed by atoms with Crippen LogP contribution in [0.15, 0.2) is 29.2 Å². The summed E-state index contributed by atoms with van der Waals surface area (Å²) in [6.07, 6.45) is 1.97. The number of hydrogen-bond acceptors (Lipinski definition) is 5. The summed E-state index contributed by atoms with van der Waals surface area (Å²) < 4.78 is 32.2. The van der Waals surface area contributed by atoms with E-state index in [4.69, 9.17) is 4.74 Å². The molecule has 0 radical (unpaired) electrons. The van der Waals surface area contributed by atoms with E-state index in [1.165, 1.54) is 16.4 Å². The Morgan fingerprint density at radius 3 is 2.28 bits per heavy atom. The molecule has 0 aromatic heterocycles. The smallest absolute Gasteiger partial charge is 0.243 e. The number of amides is 2. The van der Waals surface area contributed by atoms with E-state index in [-0.39, 0.29) is 29.6 Å². The topological polar surface area (TPSA) is 96.0 Å². The number of ether oxygens (including phenoxy) is 1. The summed E-state index contributed by atoms with van der Waals surface area (Å²) in [4.78, 5) is 26.2. The van der Waals surface area contributed by atoms with Crippen molar-refractivity contribution in [2.45, 2.75) is 37.5 Å². The predicted molar refractivity (Wildman–Crippen MR) is 109 cm³/mol. The van der Waals surface area contributed by atoms with Crippen molar-refractivity contribution in [2.75, 3.05) is 44.7 Å². The molecule has 0 saturated carbocycles. The van der Waals surface area contributed by atoms with Crippen LogP contribution in [0.1, 0.15) is 32.6 Å². The molecule has 2 amide bonds. The van der Waals surface area contributed by atoms with Crippen LogP contribution < -0.4 is 5.32 Å². The molecule has 0 atom stereocenters. The lowest BCUT2D eigenvalue weighted by atomic mass is 10.0. The first-order chi connectivity index (χ1) is 13.9. The molecule has 0 unspecified atom stereocenters. The van der Waals surface area contributed by atoms with Crippen molar-refractivity contribution >= 4 is 27.5 Å². The number of benzene rings is 1. The lowest BCUT2D eigenvalue weighted by Crippen LogP contribution is -2.40. The van der Waals surface area contributed by atoms with E-state index >= 15 is 0 Å². The molecule has 3 rings (SSSR count). The number of hydrogen-bond donors (Lipinski definition) is 1. The number of nitrogens with zero attached hydrogens (tertiary/aromatic N) is 2. The monoisotopic (exact) mass is 423 g/mol. The Morgan fingerprint density at radius 1 is 1.03 bits per heavy atom. The molecule has 0 spiro atoms. The standard InChI is InChI=1S/C20H29N3O5S/c1-16-8-10-23(11-9-16)29(26,27)18-4-2-17(3-5-18)21-19(24)6-7-20(25)22-12-14-28-15-13-22/h2-5,16H,6-15H2,1H3,(H,21,24). The summed E-state index contributed by atoms with van der Waals surface area (Å²) in [5.41, 5.74) is 0.514. The highest BCUT2D eigenvalue weighted by molar-refractivity contribution is 7.89. The Labute approximate surface area is 172 Å². The second kappa shape index (κ2) is 9.69. The third-order valence-electron chi connectivity index (χ3n) is 5.45. The average molecular weight is 424 g/mol. The normalized spacial score (nSPS) is 19.1. The molecule has 29 heavy (non-hydrogen) atoms. The fraction of sp³-hybridized carbons (Fsp3) is 0.600. The van der Waals surface area contributed by atoms with Gasteiger partial charge in [-0.25, -0.2) is 8.42 Å². The maximum atomic E-state index is 12.7. The highest BCUT2D eigenvalue weighted by Gasteiger charge is 2.28. The van der Waals surface area contributed by atoms with Gasteiger partial charge in [0.1, 0.15) is 0 Å². The first-order valence-electron chi connectivity index (χ1n) is 10.1. The van der Waals surface area contributed by atoms with Crippen LogP contribution in [0.2, 0.25) is 0 Å². The van der Waals surface area contributed by atoms with E-state index in [1.54, 1.807) is 17.0 Å². The van der Waals surface area contributed by atoms with E-state index in [0.717, 1.165) is 12.8 Å². The molecule has 1 aromatic carbocycles. The van der Waals surface area contributed by atoms with Crippen LogP contribution in [0, 0.1) is 5.92 Å². The van der Waals surface area contributed by atoms with Crippen molar-refractivity contribution in [1.29, 1.82) is 0 Å². The molecular weight excluding hydrogens is 394 g/mol. The summed E-state index contributed by atoms with van der Waals surface area (Å²) in [6.45, 7) is 5.40. The van der Waals surface area contributed by atoms with Gasteiger partial charge >= 0.3 is 0 Å². The third kappa shape index (κ3) is 5.77. The minimum atomic E-state index is -3.50. The van der Waals surface area contributed by atoms with Crippen molar-refractivity contribution in [1.82, 2.24) is 9.21 Å². The van der Waals surface area contributed by atoms with Gasteiger partial charge < -0.3 is 15.0 Å². The molecule has 160 valence electrons. The summed E-state index contributed by atoms with van der Waals surface area (Å²) in [5.74, 6) is 0.224. The molecular formula is C20H29N3O5S. The van der Waals surface area contributed by atoms with Crippen LogP contribution in [0.25, 0.3) is 0 Å². The Hall–Kier alpha value is -1.97. The van der Waals surface area contributed by atoms with Gasteiger partial charge in [0.2, 0.25) is 21.8 Å². The lowest BCUT2D eigenvalue weighted by Gasteiger charge is -2.29. The fourth-order valence-corrected chi connectivity index (χ4v) is 4.97. The molecule has 2 heterocycles. The Balaban J connectivity index is 1.50. The molecule has 2 fully saturated rings. The molecule has 8 nitrogen and oxygen atoms in total. The van der Waals surface area contributed by atoms with E-state index in [2.05, 4.69) is 12.2 Å². The second-order valence-corrected chi connectivity index (χ2v) is 9.59. The molecule has 2 aliphatic heterocycles. The van der Waals surface area contributed by atoms with Crippen LogP contribution in [0.4, 0.5) is 5.69 Å². The average Bonchev–Trinajstić information content (AvgIpc) is 2.73. The lowest BCUT2D eigenvalue weighted by molar-refractivity contribution is -0.136. The van der Waals surface area contributed by atoms with Crippen LogP contribution in [0.5, 0.6) is 0 Å². The largest absolute Gasteiger partial charge is 0.378 e. The van der Waals surface area contributed by atoms with Gasteiger partial charge in [-0.3, -0.25) is 9.59 Å². The second-order valence-electron chi connectivity index (χ2n) is 7.65. The quantitative estimate of drug-likeness (QED) is 0.751. The zero-order valence-corrected chi connectivity index (χ0v) is 17.6. The number of sulfonamides is 1. The number of piperidine rings is 1. The minimum absolute atomic E-state index is 0.0549. The van der Waals surface area contributed by atoms with Gasteiger partial charge in [0, 0.05) is 44.7 Å². The van der Waals surface area contributed by atoms with E-state index < -0.39 is 10.0 Å². The van der Waals surface area contributed by atoms with Crippen molar-refractivity contribution < 1.29 is 22.7 Å². The first kappa shape index (κ1) is 21.7. The van der Waals surface area contributed by atoms with Crippen molar-refractivity contribution in [3.8, 4) is 0 Å².